The molecule has 1 aromatic heterocycles. The highest BCUT2D eigenvalue weighted by Gasteiger charge is 2.16. The van der Waals surface area contributed by atoms with Gasteiger partial charge in [-0.2, -0.15) is 0 Å². The van der Waals surface area contributed by atoms with Crippen molar-refractivity contribution in [3.63, 3.8) is 0 Å². The smallest absolute Gasteiger partial charge is 0.131 e. The first-order valence-electron chi connectivity index (χ1n) is 7.05. The predicted molar refractivity (Wildman–Crippen MR) is 74.4 cm³/mol. The molecule has 2 atom stereocenters. The molecule has 19 heavy (non-hydrogen) atoms. The maximum atomic E-state index is 5.58. The van der Waals surface area contributed by atoms with Crippen molar-refractivity contribution in [2.45, 2.75) is 31.4 Å². The molecule has 0 unspecified atom stereocenters. The number of hydrogen-bond donors (Lipinski definition) is 3. The van der Waals surface area contributed by atoms with Crippen LogP contribution < -0.4 is 16.0 Å². The molecule has 0 aliphatic carbocycles. The van der Waals surface area contributed by atoms with Crippen LogP contribution in [0.2, 0.25) is 0 Å². The number of nitrogens with zero attached hydrogens (tertiary/aromatic N) is 2. The Morgan fingerprint density at radius 1 is 1.32 bits per heavy atom. The molecule has 0 saturated carbocycles. The van der Waals surface area contributed by atoms with Crippen LogP contribution in [0.5, 0.6) is 0 Å². The van der Waals surface area contributed by atoms with Gasteiger partial charge in [-0.3, -0.25) is 0 Å². The topological polar surface area (TPSA) is 71.1 Å². The number of hydrogen-bond acceptors (Lipinski definition) is 6. The summed E-state index contributed by atoms with van der Waals surface area (Å²) in [5.41, 5.74) is 0. The van der Waals surface area contributed by atoms with E-state index in [1.54, 1.807) is 6.33 Å². The summed E-state index contributed by atoms with van der Waals surface area (Å²) in [6.07, 6.45) is 5.37. The van der Waals surface area contributed by atoms with E-state index >= 15 is 0 Å². The summed E-state index contributed by atoms with van der Waals surface area (Å²) in [4.78, 5) is 8.50. The molecule has 0 aromatic carbocycles. The molecule has 1 aromatic rings. The van der Waals surface area contributed by atoms with Gasteiger partial charge in [0.1, 0.15) is 18.0 Å². The minimum atomic E-state index is 0.324. The van der Waals surface area contributed by atoms with E-state index in [0.717, 1.165) is 57.1 Å². The molecule has 2 fully saturated rings. The first kappa shape index (κ1) is 12.6. The normalized spacial score (nSPS) is 26.5. The quantitative estimate of drug-likeness (QED) is 0.731. The first-order valence-corrected chi connectivity index (χ1v) is 7.05. The molecule has 0 spiro atoms. The van der Waals surface area contributed by atoms with Crippen molar-refractivity contribution >= 4 is 11.6 Å². The average molecular weight is 263 g/mol. The Morgan fingerprint density at radius 2 is 2.26 bits per heavy atom. The summed E-state index contributed by atoms with van der Waals surface area (Å²) in [5, 5.41) is 10.1. The molecule has 2 saturated heterocycles. The van der Waals surface area contributed by atoms with Crippen molar-refractivity contribution in [3.05, 3.63) is 12.4 Å². The van der Waals surface area contributed by atoms with E-state index in [1.165, 1.54) is 0 Å². The van der Waals surface area contributed by atoms with E-state index in [0.29, 0.717) is 12.1 Å². The van der Waals surface area contributed by atoms with Gasteiger partial charge in [0.15, 0.2) is 0 Å². The van der Waals surface area contributed by atoms with Gasteiger partial charge in [-0.25, -0.2) is 9.97 Å². The van der Waals surface area contributed by atoms with Crippen LogP contribution in [0, 0.1) is 0 Å². The highest BCUT2D eigenvalue weighted by molar-refractivity contribution is 5.47. The fourth-order valence-electron chi connectivity index (χ4n) is 2.54. The standard InChI is InChI=1S/C13H21N5O/c1-2-11(19-5-1)8-15-12-6-13(17-9-16-12)18-10-3-4-14-7-10/h6,9-11,14H,1-5,7-8H2,(H2,15,16,17,18)/t10-,11+/m1/s1. The van der Waals surface area contributed by atoms with Gasteiger partial charge in [-0.15, -0.1) is 0 Å². The lowest BCUT2D eigenvalue weighted by Crippen LogP contribution is -2.23. The lowest BCUT2D eigenvalue weighted by molar-refractivity contribution is 0.120. The van der Waals surface area contributed by atoms with Gasteiger partial charge in [-0.05, 0) is 25.8 Å². The largest absolute Gasteiger partial charge is 0.376 e. The van der Waals surface area contributed by atoms with Crippen molar-refractivity contribution < 1.29 is 4.74 Å². The lowest BCUT2D eigenvalue weighted by atomic mass is 10.2. The maximum absolute atomic E-state index is 5.58. The third-order valence-corrected chi connectivity index (χ3v) is 3.61. The molecule has 2 aliphatic rings. The second kappa shape index (κ2) is 6.16. The highest BCUT2D eigenvalue weighted by atomic mass is 16.5. The molecule has 104 valence electrons. The van der Waals surface area contributed by atoms with Gasteiger partial charge in [0, 0.05) is 31.8 Å². The second-order valence-corrected chi connectivity index (χ2v) is 5.14. The number of anilines is 2. The first-order chi connectivity index (χ1) is 9.40. The van der Waals surface area contributed by atoms with Crippen LogP contribution in [0.1, 0.15) is 19.3 Å². The monoisotopic (exact) mass is 263 g/mol. The van der Waals surface area contributed by atoms with Crippen molar-refractivity contribution in [1.82, 2.24) is 15.3 Å². The van der Waals surface area contributed by atoms with Crippen molar-refractivity contribution in [2.75, 3.05) is 36.9 Å². The van der Waals surface area contributed by atoms with Crippen LogP contribution in [0.25, 0.3) is 0 Å². The number of ether oxygens (including phenoxy) is 1. The van der Waals surface area contributed by atoms with E-state index in [1.807, 2.05) is 6.07 Å². The van der Waals surface area contributed by atoms with Crippen molar-refractivity contribution in [2.24, 2.45) is 0 Å². The molecular formula is C13H21N5O. The van der Waals surface area contributed by atoms with Gasteiger partial charge < -0.3 is 20.7 Å². The third-order valence-electron chi connectivity index (χ3n) is 3.61. The molecule has 6 nitrogen and oxygen atoms in total. The summed E-state index contributed by atoms with van der Waals surface area (Å²) >= 11 is 0. The van der Waals surface area contributed by atoms with Crippen LogP contribution in [0.3, 0.4) is 0 Å². The summed E-state index contributed by atoms with van der Waals surface area (Å²) in [5.74, 6) is 1.75. The van der Waals surface area contributed by atoms with E-state index in [-0.39, 0.29) is 0 Å². The van der Waals surface area contributed by atoms with Crippen molar-refractivity contribution in [3.8, 4) is 0 Å². The third kappa shape index (κ3) is 3.54. The predicted octanol–water partition coefficient (Wildman–Crippen LogP) is 0.841. The van der Waals surface area contributed by atoms with Gasteiger partial charge in [0.05, 0.1) is 6.10 Å². The highest BCUT2D eigenvalue weighted by Crippen LogP contribution is 2.15. The average Bonchev–Trinajstić information content (AvgIpc) is 3.10. The van der Waals surface area contributed by atoms with Gasteiger partial charge in [0.2, 0.25) is 0 Å². The second-order valence-electron chi connectivity index (χ2n) is 5.14. The summed E-state index contributed by atoms with van der Waals surface area (Å²) in [6.45, 7) is 3.79. The number of nitrogens with one attached hydrogen (secondary N) is 3. The zero-order chi connectivity index (χ0) is 12.9. The van der Waals surface area contributed by atoms with Crippen LogP contribution in [-0.2, 0) is 4.74 Å². The van der Waals surface area contributed by atoms with Crippen LogP contribution in [0.15, 0.2) is 12.4 Å². The van der Waals surface area contributed by atoms with Crippen molar-refractivity contribution in [1.29, 1.82) is 0 Å². The Hall–Kier alpha value is -1.40. The summed E-state index contributed by atoms with van der Waals surface area (Å²) < 4.78 is 5.58. The molecule has 0 amide bonds. The Labute approximate surface area is 113 Å². The Bertz CT molecular complexity index is 402. The zero-order valence-corrected chi connectivity index (χ0v) is 11.1. The SMILES string of the molecule is c1nc(NC[C@@H]2CCCO2)cc(N[C@@H]2CCNC2)n1. The van der Waals surface area contributed by atoms with E-state index < -0.39 is 0 Å². The van der Waals surface area contributed by atoms with Gasteiger partial charge >= 0.3 is 0 Å². The lowest BCUT2D eigenvalue weighted by Gasteiger charge is -2.14. The molecule has 2 aliphatic heterocycles. The maximum Gasteiger partial charge on any atom is 0.131 e. The molecule has 6 heteroatoms. The minimum Gasteiger partial charge on any atom is -0.376 e. The van der Waals surface area contributed by atoms with E-state index in [4.69, 9.17) is 4.74 Å². The number of rotatable bonds is 5. The van der Waals surface area contributed by atoms with Crippen LogP contribution >= 0.6 is 0 Å². The molecule has 3 heterocycles. The number of aromatic nitrogens is 2. The molecule has 0 radical (unpaired) electrons. The fourth-order valence-corrected chi connectivity index (χ4v) is 2.54. The zero-order valence-electron chi connectivity index (χ0n) is 11.1. The molecule has 3 rings (SSSR count). The van der Waals surface area contributed by atoms with E-state index in [9.17, 15) is 0 Å². The van der Waals surface area contributed by atoms with E-state index in [2.05, 4.69) is 25.9 Å². The Morgan fingerprint density at radius 3 is 3.05 bits per heavy atom. The summed E-state index contributed by atoms with van der Waals surface area (Å²) in [6, 6.07) is 2.44. The van der Waals surface area contributed by atoms with Crippen LogP contribution in [-0.4, -0.2) is 48.4 Å². The molecular weight excluding hydrogens is 242 g/mol. The summed E-state index contributed by atoms with van der Waals surface area (Å²) in [7, 11) is 0. The van der Waals surface area contributed by atoms with Gasteiger partial charge in [-0.1, -0.05) is 0 Å². The fraction of sp³-hybridized carbons (Fsp3) is 0.692. The minimum absolute atomic E-state index is 0.324. The van der Waals surface area contributed by atoms with Crippen LogP contribution in [0.4, 0.5) is 11.6 Å². The van der Waals surface area contributed by atoms with Gasteiger partial charge in [0.25, 0.3) is 0 Å². The Kier molecular flexibility index (Phi) is 4.10. The Balaban J connectivity index is 1.52. The molecule has 0 bridgehead atoms. The molecule has 3 N–H and O–H groups in total.